The number of Topliss-reactive ketones (excluding diaryl/α,β-unsaturated/α-hetero) is 1. The van der Waals surface area contributed by atoms with Crippen LogP contribution in [0, 0.1) is 29.6 Å². The highest BCUT2D eigenvalue weighted by atomic mass is 16.7. The predicted octanol–water partition coefficient (Wildman–Crippen LogP) is 5.35. The molecule has 65 heavy (non-hydrogen) atoms. The van der Waals surface area contributed by atoms with Gasteiger partial charge in [-0.2, -0.15) is 0 Å². The first-order chi connectivity index (χ1) is 30.9. The minimum absolute atomic E-state index is 0.00225. The fourth-order valence-electron chi connectivity index (χ4n) is 10.3. The number of nitrogens with zero attached hydrogens (tertiary/aromatic N) is 2. The Morgan fingerprint density at radius 2 is 1.60 bits per heavy atom. The van der Waals surface area contributed by atoms with Gasteiger partial charge in [0.05, 0.1) is 36.2 Å². The fraction of sp³-hybridized carbons (Fsp3) is 0.720. The molecule has 5 rings (SSSR count). The summed E-state index contributed by atoms with van der Waals surface area (Å²) < 4.78 is 30.3. The topological polar surface area (TPSA) is 211 Å². The number of benzene rings is 1. The minimum Gasteiger partial charge on any atom is -0.456 e. The van der Waals surface area contributed by atoms with Crippen LogP contribution in [0.1, 0.15) is 118 Å². The first-order valence-corrected chi connectivity index (χ1v) is 23.8. The number of hydrogen-bond donors (Lipinski definition) is 4. The SMILES string of the molecule is CC[C@@H]1/C=C(\C)C[C@H](C)C[C@H](OC)[C@H]2O[C@@](O)(C(=O)C(=O)N3CCCC[C@H]3C(=O)O[C@H](/C(C)=C/[C@@H]3CC[C@@H](O)[C@H](OC)C3)[C@H](C)[C@@H](O)C/C1=N/OCc1ccc([NH3+])cc1)[C@H](C)C[C@@H]2OC. The number of esters is 1. The van der Waals surface area contributed by atoms with Crippen molar-refractivity contribution in [3.8, 4) is 0 Å². The number of oxime groups is 1. The van der Waals surface area contributed by atoms with Crippen LogP contribution in [0.2, 0.25) is 0 Å². The van der Waals surface area contributed by atoms with Crippen molar-refractivity contribution < 1.29 is 64.0 Å². The summed E-state index contributed by atoms with van der Waals surface area (Å²) in [7, 11) is 4.69. The van der Waals surface area contributed by atoms with Gasteiger partial charge in [-0.3, -0.25) is 9.59 Å². The van der Waals surface area contributed by atoms with E-state index in [1.165, 1.54) is 4.90 Å². The number of methoxy groups -OCH3 is 3. The highest BCUT2D eigenvalue weighted by Crippen LogP contribution is 2.39. The lowest BCUT2D eigenvalue weighted by molar-refractivity contribution is -0.302. The number of hydrogen-bond acceptors (Lipinski definition) is 13. The zero-order chi connectivity index (χ0) is 47.6. The molecule has 4 aliphatic rings. The number of quaternary nitrogens is 1. The van der Waals surface area contributed by atoms with E-state index in [4.69, 9.17) is 33.7 Å². The number of aliphatic hydroxyl groups excluding tert-OH is 2. The largest absolute Gasteiger partial charge is 0.456 e. The van der Waals surface area contributed by atoms with Gasteiger partial charge >= 0.3 is 5.97 Å². The highest BCUT2D eigenvalue weighted by Gasteiger charge is 2.56. The number of amides is 1. The summed E-state index contributed by atoms with van der Waals surface area (Å²) in [4.78, 5) is 50.6. The third-order valence-corrected chi connectivity index (χ3v) is 14.4. The second kappa shape index (κ2) is 24.0. The van der Waals surface area contributed by atoms with Crippen molar-refractivity contribution >= 4 is 29.1 Å². The van der Waals surface area contributed by atoms with Gasteiger partial charge in [0.1, 0.15) is 30.5 Å². The molecule has 6 N–H and O–H groups in total. The van der Waals surface area contributed by atoms with Gasteiger partial charge < -0.3 is 54.5 Å². The third kappa shape index (κ3) is 13.1. The summed E-state index contributed by atoms with van der Waals surface area (Å²) in [6.07, 6.45) is 4.57. The monoisotopic (exact) mass is 913 g/mol. The first kappa shape index (κ1) is 52.4. The number of carbonyl (C=O) groups is 3. The van der Waals surface area contributed by atoms with Gasteiger partial charge in [0.15, 0.2) is 0 Å². The molecule has 2 saturated heterocycles. The van der Waals surface area contributed by atoms with Gasteiger partial charge in [-0.05, 0) is 125 Å². The van der Waals surface area contributed by atoms with Gasteiger partial charge in [0, 0.05) is 52.0 Å². The summed E-state index contributed by atoms with van der Waals surface area (Å²) >= 11 is 0. The summed E-state index contributed by atoms with van der Waals surface area (Å²) in [6.45, 7) is 11.9. The zero-order valence-corrected chi connectivity index (χ0v) is 40.3. The molecule has 2 bridgehead atoms. The summed E-state index contributed by atoms with van der Waals surface area (Å²) in [5.74, 6) is -7.05. The molecule has 15 heteroatoms. The van der Waals surface area contributed by atoms with Crippen molar-refractivity contribution in [2.75, 3.05) is 27.9 Å². The quantitative estimate of drug-likeness (QED) is 0.107. The zero-order valence-electron chi connectivity index (χ0n) is 40.3. The van der Waals surface area contributed by atoms with E-state index in [-0.39, 0.29) is 56.3 Å². The Labute approximate surface area is 386 Å². The van der Waals surface area contributed by atoms with Crippen molar-refractivity contribution in [2.24, 2.45) is 34.7 Å². The van der Waals surface area contributed by atoms with Crippen LogP contribution in [0.3, 0.4) is 0 Å². The van der Waals surface area contributed by atoms with Gasteiger partial charge in [0.2, 0.25) is 5.79 Å². The van der Waals surface area contributed by atoms with Gasteiger partial charge in [0.25, 0.3) is 11.7 Å². The number of carbonyl (C=O) groups excluding carboxylic acids is 3. The average Bonchev–Trinajstić information content (AvgIpc) is 3.29. The molecule has 1 aromatic rings. The fourth-order valence-corrected chi connectivity index (χ4v) is 10.3. The molecule has 15 nitrogen and oxygen atoms in total. The number of aliphatic hydroxyl groups is 3. The van der Waals surface area contributed by atoms with Crippen molar-refractivity contribution in [3.05, 3.63) is 53.1 Å². The maximum atomic E-state index is 14.6. The molecule has 1 aromatic carbocycles. The third-order valence-electron chi connectivity index (χ3n) is 14.4. The molecule has 0 spiro atoms. The van der Waals surface area contributed by atoms with E-state index in [0.29, 0.717) is 62.7 Å². The van der Waals surface area contributed by atoms with Crippen LogP contribution < -0.4 is 5.73 Å². The van der Waals surface area contributed by atoms with Crippen LogP contribution in [0.25, 0.3) is 0 Å². The van der Waals surface area contributed by atoms with Crippen molar-refractivity contribution in [2.45, 2.75) is 173 Å². The number of ether oxygens (including phenoxy) is 5. The molecular formula is C50H78N3O12+. The smallest absolute Gasteiger partial charge is 0.329 e. The molecule has 3 fully saturated rings. The highest BCUT2D eigenvalue weighted by molar-refractivity contribution is 6.39. The van der Waals surface area contributed by atoms with Crippen LogP contribution in [0.15, 0.2) is 52.7 Å². The van der Waals surface area contributed by atoms with Crippen molar-refractivity contribution in [1.29, 1.82) is 0 Å². The van der Waals surface area contributed by atoms with Crippen molar-refractivity contribution in [3.63, 3.8) is 0 Å². The normalized spacial score (nSPS) is 38.0. The minimum atomic E-state index is -2.51. The van der Waals surface area contributed by atoms with Crippen LogP contribution in [0.4, 0.5) is 5.69 Å². The Hall–Kier alpha value is -3.54. The van der Waals surface area contributed by atoms with Crippen LogP contribution in [-0.2, 0) is 49.5 Å². The average molecular weight is 913 g/mol. The summed E-state index contributed by atoms with van der Waals surface area (Å²) in [6, 6.07) is 6.57. The Balaban J connectivity index is 1.58. The molecular weight excluding hydrogens is 835 g/mol. The van der Waals surface area contributed by atoms with E-state index in [9.17, 15) is 29.7 Å². The number of fused-ring (bicyclic) bond motifs is 3. The molecule has 0 unspecified atom stereocenters. The molecule has 0 aromatic heterocycles. The van der Waals surface area contributed by atoms with E-state index in [0.717, 1.165) is 16.8 Å². The maximum Gasteiger partial charge on any atom is 0.329 e. The summed E-state index contributed by atoms with van der Waals surface area (Å²) in [5, 5.41) is 39.7. The lowest BCUT2D eigenvalue weighted by Crippen LogP contribution is -2.64. The Bertz CT molecular complexity index is 1840. The molecule has 3 heterocycles. The lowest BCUT2D eigenvalue weighted by Gasteiger charge is -2.47. The van der Waals surface area contributed by atoms with E-state index >= 15 is 0 Å². The van der Waals surface area contributed by atoms with E-state index in [1.807, 2.05) is 44.2 Å². The maximum absolute atomic E-state index is 14.6. The molecule has 1 saturated carbocycles. The molecule has 364 valence electrons. The Kier molecular flexibility index (Phi) is 19.3. The van der Waals surface area contributed by atoms with Crippen molar-refractivity contribution in [1.82, 2.24) is 4.90 Å². The second-order valence-electron chi connectivity index (χ2n) is 19.4. The number of cyclic esters (lactones) is 1. The molecule has 14 atom stereocenters. The van der Waals surface area contributed by atoms with Crippen LogP contribution >= 0.6 is 0 Å². The lowest BCUT2D eigenvalue weighted by atomic mass is 9.81. The number of allylic oxidation sites excluding steroid dienone is 3. The van der Waals surface area contributed by atoms with Crippen LogP contribution in [-0.4, -0.2) is 126 Å². The molecule has 0 radical (unpaired) electrons. The number of rotatable bonds is 9. The Morgan fingerprint density at radius 3 is 2.26 bits per heavy atom. The molecule has 1 aliphatic carbocycles. The van der Waals surface area contributed by atoms with Gasteiger partial charge in [-0.25, -0.2) is 4.79 Å². The number of ketones is 1. The first-order valence-electron chi connectivity index (χ1n) is 23.8. The standard InChI is InChI=1S/C50H77N3O12/c1-10-36-22-29(2)21-30(3)23-43(61-8)46-44(62-9)25-32(5)50(59,65-46)47(56)48(57)53-20-12-11-13-39(53)49(58)64-45(31(4)24-35-16-19-40(54)42(26-35)60-7)33(6)41(55)27-38(36)52-63-28-34-14-17-37(51)18-15-34/h14-15,17-18,22,24,30,32-33,35-36,39-46,54-55,59H,10-13,16,19-21,23,25-28,51H2,1-9H3/p+1/b29-22+,31-24+,52-38-/t30-,32+,33+,35-,36+,39-,40+,41-,42+,43-,44-,45+,46+,50+/m0/s1. The van der Waals surface area contributed by atoms with Gasteiger partial charge in [-0.15, -0.1) is 0 Å². The van der Waals surface area contributed by atoms with E-state index in [1.54, 1.807) is 28.3 Å². The molecule has 3 aliphatic heterocycles. The summed E-state index contributed by atoms with van der Waals surface area (Å²) in [5.41, 5.74) is 8.20. The number of piperidine rings is 1. The molecule has 1 amide bonds. The van der Waals surface area contributed by atoms with Crippen LogP contribution in [0.5, 0.6) is 0 Å². The Morgan fingerprint density at radius 1 is 0.923 bits per heavy atom. The van der Waals surface area contributed by atoms with E-state index < -0.39 is 77.9 Å². The van der Waals surface area contributed by atoms with E-state index in [2.05, 4.69) is 32.6 Å². The van der Waals surface area contributed by atoms with Gasteiger partial charge in [-0.1, -0.05) is 50.6 Å². The second-order valence-corrected chi connectivity index (χ2v) is 19.4. The predicted molar refractivity (Wildman–Crippen MR) is 244 cm³/mol.